The van der Waals surface area contributed by atoms with E-state index in [4.69, 9.17) is 0 Å². The maximum atomic E-state index is 9.63. The topological polar surface area (TPSA) is 69.2 Å². The Balaban J connectivity index is -0.0000000277. The van der Waals surface area contributed by atoms with E-state index in [1.165, 1.54) is 0 Å². The first-order valence-corrected chi connectivity index (χ1v) is 5.55. The smallest absolute Gasteiger partial charge is 0.854 e. The summed E-state index contributed by atoms with van der Waals surface area (Å²) < 4.78 is 0. The molecule has 0 aromatic heterocycles. The molecule has 18 heavy (non-hydrogen) atoms. The van der Waals surface area contributed by atoms with Crippen LogP contribution in [0.1, 0.15) is 41.5 Å². The molecule has 0 radical (unpaired) electrons. The molecule has 0 saturated heterocycles. The van der Waals surface area contributed by atoms with E-state index in [0.29, 0.717) is 17.8 Å². The van der Waals surface area contributed by atoms with Crippen LogP contribution in [0, 0.1) is 17.8 Å². The van der Waals surface area contributed by atoms with E-state index in [-0.39, 0.29) is 76.4 Å². The SMILES string of the molecule is CC(C)C[O-].CC(C)C[O-].CC(C)C[O-].[Li+].[Li+].[Li+]. The van der Waals surface area contributed by atoms with Crippen LogP contribution in [0.2, 0.25) is 0 Å². The number of rotatable bonds is 3. The fourth-order valence-electron chi connectivity index (χ4n) is 0. The van der Waals surface area contributed by atoms with E-state index in [1.807, 2.05) is 41.5 Å². The summed E-state index contributed by atoms with van der Waals surface area (Å²) in [4.78, 5) is 0. The number of hydrogen-bond donors (Lipinski definition) is 0. The summed E-state index contributed by atoms with van der Waals surface area (Å²) in [6, 6.07) is 0. The third kappa shape index (κ3) is 83.5. The third-order valence-electron chi connectivity index (χ3n) is 1.00. The van der Waals surface area contributed by atoms with Crippen LogP contribution in [0.15, 0.2) is 0 Å². The van der Waals surface area contributed by atoms with Crippen molar-refractivity contribution in [3.63, 3.8) is 0 Å². The molecule has 0 aliphatic rings. The minimum Gasteiger partial charge on any atom is -0.854 e. The predicted octanol–water partition coefficient (Wildman–Crippen LogP) is -8.98. The van der Waals surface area contributed by atoms with Crippen LogP contribution in [0.4, 0.5) is 0 Å². The molecule has 0 fully saturated rings. The van der Waals surface area contributed by atoms with Crippen LogP contribution < -0.4 is 71.9 Å². The van der Waals surface area contributed by atoms with Gasteiger partial charge in [-0.1, -0.05) is 59.3 Å². The first-order valence-electron chi connectivity index (χ1n) is 5.55. The zero-order chi connectivity index (χ0) is 12.9. The molecule has 96 valence electrons. The van der Waals surface area contributed by atoms with Gasteiger partial charge in [0.2, 0.25) is 0 Å². The van der Waals surface area contributed by atoms with E-state index in [1.54, 1.807) is 0 Å². The van der Waals surface area contributed by atoms with Gasteiger partial charge in [-0.25, -0.2) is 0 Å². The molecule has 0 aliphatic heterocycles. The van der Waals surface area contributed by atoms with Crippen molar-refractivity contribution >= 4 is 0 Å². The quantitative estimate of drug-likeness (QED) is 0.460. The Morgan fingerprint density at radius 1 is 0.500 bits per heavy atom. The van der Waals surface area contributed by atoms with E-state index in [2.05, 4.69) is 0 Å². The van der Waals surface area contributed by atoms with E-state index < -0.39 is 0 Å². The van der Waals surface area contributed by atoms with Gasteiger partial charge in [0.25, 0.3) is 0 Å². The molecule has 0 rings (SSSR count). The van der Waals surface area contributed by atoms with Gasteiger partial charge >= 0.3 is 56.6 Å². The fourth-order valence-corrected chi connectivity index (χ4v) is 0. The molecule has 0 spiro atoms. The summed E-state index contributed by atoms with van der Waals surface area (Å²) in [5.74, 6) is 0.986. The molecule has 0 unspecified atom stereocenters. The largest absolute Gasteiger partial charge is 1.00 e. The van der Waals surface area contributed by atoms with Gasteiger partial charge in [0.1, 0.15) is 0 Å². The normalized spacial score (nSPS) is 8.00. The van der Waals surface area contributed by atoms with Gasteiger partial charge in [0.15, 0.2) is 0 Å². The zero-order valence-electron chi connectivity index (χ0n) is 14.1. The molecule has 6 heteroatoms. The van der Waals surface area contributed by atoms with Crippen molar-refractivity contribution in [3.8, 4) is 0 Å². The van der Waals surface area contributed by atoms with Crippen molar-refractivity contribution in [2.45, 2.75) is 41.5 Å². The molecule has 3 nitrogen and oxygen atoms in total. The Morgan fingerprint density at radius 2 is 0.556 bits per heavy atom. The minimum atomic E-state index is 0. The van der Waals surface area contributed by atoms with E-state index in [9.17, 15) is 15.3 Å². The summed E-state index contributed by atoms with van der Waals surface area (Å²) in [5, 5.41) is 28.9. The molecule has 0 aromatic rings. The Labute approximate surface area is 150 Å². The average Bonchev–Trinajstić information content (AvgIpc) is 2.19. The van der Waals surface area contributed by atoms with Gasteiger partial charge in [-0.2, -0.15) is 0 Å². The second-order valence-electron chi connectivity index (χ2n) is 4.68. The summed E-state index contributed by atoms with van der Waals surface area (Å²) in [6.07, 6.45) is 0. The van der Waals surface area contributed by atoms with Crippen molar-refractivity contribution in [3.05, 3.63) is 0 Å². The van der Waals surface area contributed by atoms with Gasteiger partial charge in [0, 0.05) is 0 Å². The summed E-state index contributed by atoms with van der Waals surface area (Å²) in [6.45, 7) is 11.6. The molecule has 0 N–H and O–H groups in total. The van der Waals surface area contributed by atoms with Crippen molar-refractivity contribution < 1.29 is 71.9 Å². The maximum absolute atomic E-state index is 9.63. The average molecular weight is 240 g/mol. The molecule has 0 aromatic carbocycles. The molecule has 0 atom stereocenters. The maximum Gasteiger partial charge on any atom is 1.00 e. The predicted molar refractivity (Wildman–Crippen MR) is 59.1 cm³/mol. The Morgan fingerprint density at radius 3 is 0.556 bits per heavy atom. The van der Waals surface area contributed by atoms with E-state index in [0.717, 1.165) is 0 Å². The molecular weight excluding hydrogens is 213 g/mol. The molecular formula is C12H27Li3O3. The van der Waals surface area contributed by atoms with Gasteiger partial charge in [-0.05, 0) is 0 Å². The number of hydrogen-bond acceptors (Lipinski definition) is 3. The fraction of sp³-hybridized carbons (Fsp3) is 1.00. The minimum absolute atomic E-state index is 0. The van der Waals surface area contributed by atoms with E-state index >= 15 is 0 Å². The van der Waals surface area contributed by atoms with Gasteiger partial charge in [-0.3, -0.25) is 0 Å². The third-order valence-corrected chi connectivity index (χ3v) is 1.00. The van der Waals surface area contributed by atoms with Crippen molar-refractivity contribution in [1.29, 1.82) is 0 Å². The second-order valence-corrected chi connectivity index (χ2v) is 4.68. The zero-order valence-corrected chi connectivity index (χ0v) is 14.1. The second kappa shape index (κ2) is 31.2. The molecule has 0 aliphatic carbocycles. The van der Waals surface area contributed by atoms with Crippen LogP contribution in [0.3, 0.4) is 0 Å². The Hall–Kier alpha value is 1.67. The Bertz CT molecular complexity index is 83.5. The van der Waals surface area contributed by atoms with Crippen LogP contribution in [-0.4, -0.2) is 19.8 Å². The Kier molecular flexibility index (Phi) is 63.6. The van der Waals surface area contributed by atoms with Crippen molar-refractivity contribution in [1.82, 2.24) is 0 Å². The van der Waals surface area contributed by atoms with Crippen molar-refractivity contribution in [2.75, 3.05) is 19.8 Å². The summed E-state index contributed by atoms with van der Waals surface area (Å²) in [5.41, 5.74) is 0. The van der Waals surface area contributed by atoms with Crippen LogP contribution in [0.5, 0.6) is 0 Å². The van der Waals surface area contributed by atoms with Crippen LogP contribution in [-0.2, 0) is 0 Å². The monoisotopic (exact) mass is 240 g/mol. The summed E-state index contributed by atoms with van der Waals surface area (Å²) >= 11 is 0. The first kappa shape index (κ1) is 36.7. The standard InChI is InChI=1S/3C4H9O.3Li/c3*1-4(2)3-5;;;/h3*4H,3H2,1-2H3;;;/q3*-1;3*+1. The molecule has 0 saturated carbocycles. The van der Waals surface area contributed by atoms with Gasteiger partial charge in [-0.15, -0.1) is 19.8 Å². The van der Waals surface area contributed by atoms with Crippen molar-refractivity contribution in [2.24, 2.45) is 17.8 Å². The molecule has 0 heterocycles. The van der Waals surface area contributed by atoms with Gasteiger partial charge < -0.3 is 15.3 Å². The molecule has 0 amide bonds. The van der Waals surface area contributed by atoms with Gasteiger partial charge in [0.05, 0.1) is 0 Å². The van der Waals surface area contributed by atoms with Crippen LogP contribution >= 0.6 is 0 Å². The van der Waals surface area contributed by atoms with Crippen LogP contribution in [0.25, 0.3) is 0 Å². The molecule has 0 bridgehead atoms. The summed E-state index contributed by atoms with van der Waals surface area (Å²) in [7, 11) is 0. The first-order chi connectivity index (χ1) is 6.81.